The van der Waals surface area contributed by atoms with Crippen molar-refractivity contribution < 1.29 is 24.5 Å². The van der Waals surface area contributed by atoms with Gasteiger partial charge >= 0.3 is 0 Å². The van der Waals surface area contributed by atoms with E-state index in [1.54, 1.807) is 0 Å². The van der Waals surface area contributed by atoms with Crippen molar-refractivity contribution in [2.45, 2.75) is 37.6 Å². The first-order valence-corrected chi connectivity index (χ1v) is 8.53. The van der Waals surface area contributed by atoms with Gasteiger partial charge in [0.25, 0.3) is 0 Å². The lowest BCUT2D eigenvalue weighted by molar-refractivity contribution is -0.146. The molecule has 0 spiro atoms. The van der Waals surface area contributed by atoms with Crippen LogP contribution in [0.2, 0.25) is 0 Å². The normalized spacial score (nSPS) is 25.5. The summed E-state index contributed by atoms with van der Waals surface area (Å²) in [7, 11) is 0. The summed E-state index contributed by atoms with van der Waals surface area (Å²) in [5.74, 6) is 0. The van der Waals surface area contributed by atoms with E-state index in [9.17, 15) is 15.0 Å². The summed E-state index contributed by atoms with van der Waals surface area (Å²) in [6, 6.07) is 19.0. The summed E-state index contributed by atoms with van der Waals surface area (Å²) >= 11 is 0. The van der Waals surface area contributed by atoms with Crippen LogP contribution < -0.4 is 0 Å². The van der Waals surface area contributed by atoms with E-state index in [2.05, 4.69) is 0 Å². The van der Waals surface area contributed by atoms with Crippen molar-refractivity contribution in [1.82, 2.24) is 0 Å². The Kier molecular flexibility index (Phi) is 6.30. The van der Waals surface area contributed by atoms with Gasteiger partial charge in [-0.3, -0.25) is 4.79 Å². The highest BCUT2D eigenvalue weighted by atomic mass is 16.5. The standard InChI is InChI=1S/C21H22O5/c22-12-17-11-18(25-13-15-7-3-1-4-8-15)20(24)21(19(17)23)26-14-16-9-5-2-6-10-16/h1-12,18-21,23-24H,13-14H2/t18-,19-,20+,21-/m0/s1. The maximum Gasteiger partial charge on any atom is 0.148 e. The van der Waals surface area contributed by atoms with Crippen LogP contribution in [0.1, 0.15) is 11.1 Å². The smallest absolute Gasteiger partial charge is 0.148 e. The Bertz CT molecular complexity index is 729. The molecule has 2 aromatic rings. The highest BCUT2D eigenvalue weighted by Crippen LogP contribution is 2.25. The van der Waals surface area contributed by atoms with E-state index in [4.69, 9.17) is 9.47 Å². The van der Waals surface area contributed by atoms with E-state index in [0.29, 0.717) is 6.29 Å². The predicted octanol–water partition coefficient (Wildman–Crippen LogP) is 2.02. The van der Waals surface area contributed by atoms with Crippen molar-refractivity contribution in [3.8, 4) is 0 Å². The molecule has 5 nitrogen and oxygen atoms in total. The molecule has 0 amide bonds. The summed E-state index contributed by atoms with van der Waals surface area (Å²) in [5, 5.41) is 20.9. The lowest BCUT2D eigenvalue weighted by Crippen LogP contribution is -2.51. The highest BCUT2D eigenvalue weighted by Gasteiger charge is 2.40. The van der Waals surface area contributed by atoms with Crippen LogP contribution in [-0.2, 0) is 27.5 Å². The minimum Gasteiger partial charge on any atom is -0.387 e. The number of carbonyl (C=O) groups is 1. The molecule has 1 aliphatic carbocycles. The third-order valence-electron chi connectivity index (χ3n) is 4.39. The predicted molar refractivity (Wildman–Crippen MR) is 96.2 cm³/mol. The topological polar surface area (TPSA) is 76.0 Å². The Balaban J connectivity index is 1.69. The summed E-state index contributed by atoms with van der Waals surface area (Å²) < 4.78 is 11.5. The van der Waals surface area contributed by atoms with Gasteiger partial charge in [-0.2, -0.15) is 0 Å². The Hall–Kier alpha value is -2.31. The van der Waals surface area contributed by atoms with Crippen LogP contribution in [0, 0.1) is 0 Å². The molecule has 136 valence electrons. The number of ether oxygens (including phenoxy) is 2. The molecule has 0 radical (unpaired) electrons. The van der Waals surface area contributed by atoms with Gasteiger partial charge in [-0.1, -0.05) is 60.7 Å². The third kappa shape index (κ3) is 4.45. The number of aldehydes is 1. The highest BCUT2D eigenvalue weighted by molar-refractivity contribution is 5.75. The molecule has 0 heterocycles. The fraction of sp³-hybridized carbons (Fsp3) is 0.286. The van der Waals surface area contributed by atoms with Gasteiger partial charge in [0.2, 0.25) is 0 Å². The SMILES string of the molecule is O=CC1=C[C@H](OCc2ccccc2)[C@@H](O)[C@@H](OCc2ccccc2)[C@H]1O. The van der Waals surface area contributed by atoms with Gasteiger partial charge in [-0.15, -0.1) is 0 Å². The van der Waals surface area contributed by atoms with E-state index in [1.165, 1.54) is 6.08 Å². The van der Waals surface area contributed by atoms with E-state index in [-0.39, 0.29) is 18.8 Å². The molecule has 4 atom stereocenters. The van der Waals surface area contributed by atoms with Crippen molar-refractivity contribution in [2.24, 2.45) is 0 Å². The van der Waals surface area contributed by atoms with Gasteiger partial charge in [-0.05, 0) is 17.2 Å². The maximum atomic E-state index is 11.3. The number of rotatable bonds is 7. The number of hydrogen-bond acceptors (Lipinski definition) is 5. The van der Waals surface area contributed by atoms with E-state index in [0.717, 1.165) is 11.1 Å². The van der Waals surface area contributed by atoms with Crippen LogP contribution in [0.15, 0.2) is 72.3 Å². The average Bonchev–Trinajstić information content (AvgIpc) is 2.69. The average molecular weight is 354 g/mol. The molecule has 0 aromatic heterocycles. The van der Waals surface area contributed by atoms with E-state index < -0.39 is 24.4 Å². The number of carbonyl (C=O) groups excluding carboxylic acids is 1. The fourth-order valence-electron chi connectivity index (χ4n) is 2.93. The fourth-order valence-corrected chi connectivity index (χ4v) is 2.93. The Morgan fingerprint density at radius 1 is 0.846 bits per heavy atom. The molecular weight excluding hydrogens is 332 g/mol. The zero-order chi connectivity index (χ0) is 18.4. The Morgan fingerprint density at radius 2 is 1.38 bits per heavy atom. The van der Waals surface area contributed by atoms with Crippen LogP contribution in [0.4, 0.5) is 0 Å². The minimum absolute atomic E-state index is 0.159. The molecule has 2 N–H and O–H groups in total. The summed E-state index contributed by atoms with van der Waals surface area (Å²) in [6.07, 6.45) is -1.91. The zero-order valence-corrected chi connectivity index (χ0v) is 14.3. The molecule has 2 aromatic carbocycles. The minimum atomic E-state index is -1.19. The largest absolute Gasteiger partial charge is 0.387 e. The van der Waals surface area contributed by atoms with Crippen molar-refractivity contribution in [3.05, 3.63) is 83.4 Å². The van der Waals surface area contributed by atoms with Gasteiger partial charge in [0.05, 0.1) is 13.2 Å². The van der Waals surface area contributed by atoms with Gasteiger partial charge in [0, 0.05) is 5.57 Å². The molecule has 1 aliphatic rings. The molecule has 3 rings (SSSR count). The molecule has 26 heavy (non-hydrogen) atoms. The first-order valence-electron chi connectivity index (χ1n) is 8.53. The number of hydrogen-bond donors (Lipinski definition) is 2. The van der Waals surface area contributed by atoms with Crippen LogP contribution >= 0.6 is 0 Å². The molecule has 0 fully saturated rings. The zero-order valence-electron chi connectivity index (χ0n) is 14.3. The first kappa shape index (κ1) is 18.5. The molecule has 0 saturated carbocycles. The monoisotopic (exact) mass is 354 g/mol. The molecule has 0 aliphatic heterocycles. The second-order valence-corrected chi connectivity index (χ2v) is 6.24. The number of aliphatic hydroxyl groups is 2. The van der Waals surface area contributed by atoms with Crippen LogP contribution in [0.5, 0.6) is 0 Å². The summed E-state index contributed by atoms with van der Waals surface area (Å²) in [4.78, 5) is 11.3. The Labute approximate surface area is 152 Å². The Morgan fingerprint density at radius 3 is 1.92 bits per heavy atom. The lowest BCUT2D eigenvalue weighted by Gasteiger charge is -2.36. The molecule has 5 heteroatoms. The maximum absolute atomic E-state index is 11.3. The second-order valence-electron chi connectivity index (χ2n) is 6.24. The summed E-state index contributed by atoms with van der Waals surface area (Å²) in [5.41, 5.74) is 2.02. The third-order valence-corrected chi connectivity index (χ3v) is 4.39. The van der Waals surface area contributed by atoms with Crippen LogP contribution in [0.3, 0.4) is 0 Å². The van der Waals surface area contributed by atoms with Gasteiger partial charge in [0.15, 0.2) is 0 Å². The molecule has 0 saturated heterocycles. The first-order chi connectivity index (χ1) is 12.7. The number of aliphatic hydroxyl groups excluding tert-OH is 2. The van der Waals surface area contributed by atoms with Crippen molar-refractivity contribution in [3.63, 3.8) is 0 Å². The van der Waals surface area contributed by atoms with Crippen molar-refractivity contribution in [1.29, 1.82) is 0 Å². The van der Waals surface area contributed by atoms with E-state index >= 15 is 0 Å². The number of benzene rings is 2. The van der Waals surface area contributed by atoms with Crippen LogP contribution in [-0.4, -0.2) is 40.9 Å². The van der Waals surface area contributed by atoms with Gasteiger partial charge in [-0.25, -0.2) is 0 Å². The van der Waals surface area contributed by atoms with E-state index in [1.807, 2.05) is 60.7 Å². The molecule has 0 unspecified atom stereocenters. The lowest BCUT2D eigenvalue weighted by atomic mass is 9.89. The van der Waals surface area contributed by atoms with Crippen LogP contribution in [0.25, 0.3) is 0 Å². The molecular formula is C21H22O5. The molecule has 0 bridgehead atoms. The van der Waals surface area contributed by atoms with Gasteiger partial charge in [0.1, 0.15) is 30.7 Å². The van der Waals surface area contributed by atoms with Crippen molar-refractivity contribution >= 4 is 6.29 Å². The quantitative estimate of drug-likeness (QED) is 0.744. The summed E-state index contributed by atoms with van der Waals surface area (Å²) in [6.45, 7) is 0.504. The second kappa shape index (κ2) is 8.87. The van der Waals surface area contributed by atoms with Crippen molar-refractivity contribution in [2.75, 3.05) is 0 Å². The van der Waals surface area contributed by atoms with Gasteiger partial charge < -0.3 is 19.7 Å².